The first-order valence-corrected chi connectivity index (χ1v) is 29.9. The van der Waals surface area contributed by atoms with Crippen LogP contribution in [0.5, 0.6) is 23.5 Å². The molecule has 1 aliphatic heterocycles. The van der Waals surface area contributed by atoms with Crippen molar-refractivity contribution in [2.75, 3.05) is 37.2 Å². The molecule has 0 radical (unpaired) electrons. The van der Waals surface area contributed by atoms with Crippen LogP contribution in [-0.2, 0) is 48.8 Å². The molecule has 4 amide bonds. The van der Waals surface area contributed by atoms with E-state index in [1.54, 1.807) is 20.7 Å². The van der Waals surface area contributed by atoms with Gasteiger partial charge in [0.05, 0.1) is 52.2 Å². The number of fused-ring (bicyclic) bond motifs is 1. The number of aromatic carboxylic acids is 1. The van der Waals surface area contributed by atoms with Crippen LogP contribution in [0.15, 0.2) is 81.3 Å². The van der Waals surface area contributed by atoms with Gasteiger partial charge in [-0.15, -0.1) is 11.5 Å². The molecule has 43 heteroatoms. The van der Waals surface area contributed by atoms with E-state index in [-0.39, 0.29) is 35.6 Å². The fraction of sp³-hybridized carbons (Fsp3) is 0.298. The molecule has 0 saturated heterocycles. The molecule has 1 aliphatic rings. The summed E-state index contributed by atoms with van der Waals surface area (Å²) < 4.78 is 170. The van der Waals surface area contributed by atoms with Gasteiger partial charge in [0.1, 0.15) is 28.9 Å². The lowest BCUT2D eigenvalue weighted by Crippen LogP contribution is -2.35. The van der Waals surface area contributed by atoms with E-state index in [9.17, 15) is 76.1 Å². The van der Waals surface area contributed by atoms with Crippen molar-refractivity contribution in [3.8, 4) is 41.6 Å². The number of hydrogen-bond donors (Lipinski definition) is 9. The maximum atomic E-state index is 12.5. The molecule has 3 aromatic heterocycles. The minimum absolute atomic E-state index is 0.0715. The van der Waals surface area contributed by atoms with Crippen molar-refractivity contribution in [2.24, 2.45) is 0 Å². The van der Waals surface area contributed by atoms with E-state index in [0.717, 1.165) is 43.3 Å². The maximum absolute atomic E-state index is 12.5. The number of carboxylic acids is 2. The Morgan fingerprint density at radius 3 is 1.91 bits per heavy atom. The number of carbonyl (C=O) groups is 4. The molecule has 0 aliphatic carbocycles. The fourth-order valence-corrected chi connectivity index (χ4v) is 10.1. The lowest BCUT2D eigenvalue weighted by atomic mass is 10.1. The molecule has 90 heavy (non-hydrogen) atoms. The third kappa shape index (κ3) is 24.2. The lowest BCUT2D eigenvalue weighted by molar-refractivity contribution is -0.136. The van der Waals surface area contributed by atoms with Gasteiger partial charge in [-0.1, -0.05) is 59.5 Å². The Hall–Kier alpha value is -8.97. The van der Waals surface area contributed by atoms with Gasteiger partial charge in [-0.05, 0) is 56.0 Å². The number of sulfonamides is 2. The lowest BCUT2D eigenvalue weighted by Gasteiger charge is -2.13. The molecule has 488 valence electrons. The number of alkyl halides is 7. The van der Waals surface area contributed by atoms with Crippen molar-refractivity contribution in [3.05, 3.63) is 110 Å². The number of rotatable bonds is 21. The number of nitrogens with zero attached hydrogens (tertiary/aromatic N) is 8. The molecule has 0 saturated carbocycles. The Balaban J connectivity index is 0.000000270. The van der Waals surface area contributed by atoms with Gasteiger partial charge in [0.25, 0.3) is 20.0 Å². The van der Waals surface area contributed by atoms with Crippen molar-refractivity contribution in [3.63, 3.8) is 0 Å². The molecule has 0 atom stereocenters. The number of anilines is 2. The minimum Gasteiger partial charge on any atom is -0.480 e. The Morgan fingerprint density at radius 2 is 1.38 bits per heavy atom. The summed E-state index contributed by atoms with van der Waals surface area (Å²) in [6.07, 6.45) is 1.18. The molecule has 3 aromatic carbocycles. The second-order valence-electron chi connectivity index (χ2n) is 17.1. The van der Waals surface area contributed by atoms with Gasteiger partial charge >= 0.3 is 62.7 Å². The predicted octanol–water partition coefficient (Wildman–Crippen LogP) is 5.57. The third-order valence-electron chi connectivity index (χ3n) is 10.4. The normalized spacial score (nSPS) is 12.0. The van der Waals surface area contributed by atoms with E-state index in [4.69, 9.17) is 59.1 Å². The topological polar surface area (TPSA) is 436 Å². The van der Waals surface area contributed by atoms with Crippen LogP contribution in [0.4, 0.5) is 52.2 Å². The summed E-state index contributed by atoms with van der Waals surface area (Å²) in [6.45, 7) is -5.00. The van der Waals surface area contributed by atoms with Crippen LogP contribution in [-0.4, -0.2) is 146 Å². The summed E-state index contributed by atoms with van der Waals surface area (Å²) in [5.74, 6) is -2.14. The number of benzene rings is 3. The number of aromatic nitrogens is 8. The predicted molar refractivity (Wildman–Crippen MR) is 297 cm³/mol. The van der Waals surface area contributed by atoms with E-state index >= 15 is 0 Å². The van der Waals surface area contributed by atoms with E-state index in [1.165, 1.54) is 59.8 Å². The van der Waals surface area contributed by atoms with Crippen molar-refractivity contribution in [1.29, 1.82) is 0 Å². The third-order valence-corrected chi connectivity index (χ3v) is 14.4. The first-order valence-electron chi connectivity index (χ1n) is 24.4. The zero-order chi connectivity index (χ0) is 67.3. The Bertz CT molecular complexity index is 3910. The number of hydrogen-bond acceptors (Lipinski definition) is 21. The molecule has 0 fully saturated rings. The van der Waals surface area contributed by atoms with Crippen LogP contribution in [0.3, 0.4) is 0 Å². The number of aryl methyl sites for hydroxylation is 3. The first-order chi connectivity index (χ1) is 42.0. The molecule has 6 aromatic rings. The van der Waals surface area contributed by atoms with Gasteiger partial charge in [0, 0.05) is 25.5 Å². The SMILES string of the molecule is C#CCOc1cc(-n2nc3n(c2=O)CCCC3)c(Cl)cc1Cl.COc1nc(C)nc(NC(=O)NS(=O)(=O)c2ccccc2CCC(F)(F)F)n1.O=C(Nc1nc(OC(F)F)cc(OC(F)F)n1)NS(=O)(=O)c1ccccc1C(=O)O.O=C(O)CNCP(=O)(O)O. The van der Waals surface area contributed by atoms with Gasteiger partial charge in [0.15, 0.2) is 0 Å². The number of ether oxygens (including phenoxy) is 4. The highest BCUT2D eigenvalue weighted by atomic mass is 35.5. The Kier molecular flexibility index (Phi) is 27.0. The zero-order valence-electron chi connectivity index (χ0n) is 45.7. The van der Waals surface area contributed by atoms with Crippen molar-refractivity contribution >= 4 is 86.7 Å². The molecule has 0 unspecified atom stereocenters. The summed E-state index contributed by atoms with van der Waals surface area (Å²) in [7, 11) is -12.0. The van der Waals surface area contributed by atoms with E-state index < -0.39 is 130 Å². The summed E-state index contributed by atoms with van der Waals surface area (Å²) in [4.78, 5) is 90.4. The second kappa shape index (κ2) is 33.0. The average Bonchev–Trinajstić information content (AvgIpc) is 1.62. The van der Waals surface area contributed by atoms with Gasteiger partial charge in [-0.25, -0.2) is 45.5 Å². The monoisotopic (exact) mass is 1380 g/mol. The van der Waals surface area contributed by atoms with E-state index in [2.05, 4.69) is 56.0 Å². The largest absolute Gasteiger partial charge is 0.480 e. The van der Waals surface area contributed by atoms with Crippen LogP contribution < -0.4 is 50.0 Å². The number of aliphatic carboxylic acids is 1. The smallest absolute Gasteiger partial charge is 0.389 e. The number of methoxy groups -OCH3 is 1. The van der Waals surface area contributed by atoms with E-state index in [0.29, 0.717) is 34.1 Å². The molecule has 31 nitrogen and oxygen atoms in total. The molecular weight excluding hydrogens is 1330 g/mol. The Labute approximate surface area is 512 Å². The molecule has 0 spiro atoms. The maximum Gasteiger partial charge on any atom is 0.389 e. The van der Waals surface area contributed by atoms with Crippen molar-refractivity contribution < 1.29 is 110 Å². The number of carboxylic acid groups (broad SMARTS) is 2. The molecule has 0 bridgehead atoms. The highest BCUT2D eigenvalue weighted by Crippen LogP contribution is 2.34. The first kappa shape index (κ1) is 73.5. The van der Waals surface area contributed by atoms with Crippen LogP contribution in [0.25, 0.3) is 5.69 Å². The number of amides is 4. The van der Waals surface area contributed by atoms with E-state index in [1.807, 2.05) is 0 Å². The molecular formula is C47H47Cl2F7N13O18PS2. The fourth-order valence-electron chi connectivity index (χ4n) is 6.88. The molecule has 4 heterocycles. The van der Waals surface area contributed by atoms with Crippen LogP contribution >= 0.6 is 30.8 Å². The number of urea groups is 2. The number of halogens is 9. The highest BCUT2D eigenvalue weighted by molar-refractivity contribution is 7.90. The number of carbonyl (C=O) groups excluding carboxylic acids is 2. The minimum atomic E-state index is -4.71. The number of terminal acetylenes is 1. The zero-order valence-corrected chi connectivity index (χ0v) is 49.7. The van der Waals surface area contributed by atoms with Gasteiger partial charge in [-0.3, -0.25) is 29.9 Å². The molecule has 7 rings (SSSR count). The van der Waals surface area contributed by atoms with Gasteiger partial charge in [-0.2, -0.15) is 60.3 Å². The summed E-state index contributed by atoms with van der Waals surface area (Å²) >= 11 is 12.3. The summed E-state index contributed by atoms with van der Waals surface area (Å²) in [5.41, 5.74) is -0.487. The van der Waals surface area contributed by atoms with Crippen molar-refractivity contribution in [2.45, 2.75) is 74.8 Å². The Morgan fingerprint density at radius 1 is 0.811 bits per heavy atom. The molecule has 9 N–H and O–H groups in total. The van der Waals surface area contributed by atoms with Crippen molar-refractivity contribution in [1.82, 2.24) is 54.0 Å². The summed E-state index contributed by atoms with van der Waals surface area (Å²) in [5, 5.41) is 27.9. The number of nitrogens with one attached hydrogen (secondary N) is 5. The highest BCUT2D eigenvalue weighted by Gasteiger charge is 2.30. The van der Waals surface area contributed by atoms with Crippen LogP contribution in [0.2, 0.25) is 10.0 Å². The summed E-state index contributed by atoms with van der Waals surface area (Å²) in [6, 6.07) is 10.1. The van der Waals surface area contributed by atoms with Crippen LogP contribution in [0, 0.1) is 19.3 Å². The average molecular weight is 1380 g/mol. The van der Waals surface area contributed by atoms with Gasteiger partial charge in [0.2, 0.25) is 23.7 Å². The quantitative estimate of drug-likeness (QED) is 0.0242. The van der Waals surface area contributed by atoms with Crippen LogP contribution in [0.1, 0.15) is 46.8 Å². The standard InChI is InChI=1S/C15H13Cl2N3O2.C15H16F3N5O4S.C14H10F4N4O7S.C3H8NO5P/c1-2-7-22-13-9-12(10(16)8-11(13)17)20-15(21)19-6-4-3-5-14(19)18-20;1-9-19-12(22-14(20-9)27-2)21-13(24)23-28(25,26)11-6-4-3-5-10(11)7-8-15(16,17)18;15-11(16)28-8-5-9(29-12(17)18)20-13(19-8)21-14(25)22-30(26,27)7-4-2-1-3-6(7)10(23)24;5-3(6)1-4-2-10(7,8)9/h1,8-9H,3-7H2;3-6H,7-8H2,1-2H3,(H2,19,20,21,22,23,24);1-5,11-12H,(H,23,24)(H2,19,20,21,22,25);4H,1-2H2,(H,5,6)(H2,7,8,9). The van der Waals surface area contributed by atoms with Gasteiger partial charge < -0.3 is 38.9 Å². The second-order valence-corrected chi connectivity index (χ2v) is 22.8.